The van der Waals surface area contributed by atoms with E-state index in [-0.39, 0.29) is 5.97 Å². The molecule has 5 heteroatoms. The van der Waals surface area contributed by atoms with Crippen LogP contribution in [0.15, 0.2) is 18.3 Å². The Morgan fingerprint density at radius 1 is 1.38 bits per heavy atom. The molecule has 116 valence electrons. The predicted molar refractivity (Wildman–Crippen MR) is 80.2 cm³/mol. The quantitative estimate of drug-likeness (QED) is 0.815. The molecule has 0 saturated heterocycles. The average molecular weight is 292 g/mol. The van der Waals surface area contributed by atoms with Gasteiger partial charge in [0.15, 0.2) is 0 Å². The molecule has 0 aromatic carbocycles. The van der Waals surface area contributed by atoms with E-state index in [4.69, 9.17) is 15.2 Å². The van der Waals surface area contributed by atoms with Crippen LogP contribution in [0, 0.1) is 11.8 Å². The van der Waals surface area contributed by atoms with Crippen LogP contribution in [-0.2, 0) is 4.74 Å². The lowest BCUT2D eigenvalue weighted by molar-refractivity contribution is 0.0517. The van der Waals surface area contributed by atoms with Crippen LogP contribution in [0.5, 0.6) is 5.88 Å². The first kappa shape index (κ1) is 15.8. The van der Waals surface area contributed by atoms with Crippen LogP contribution in [-0.4, -0.2) is 30.7 Å². The number of rotatable bonds is 6. The van der Waals surface area contributed by atoms with Gasteiger partial charge in [0.1, 0.15) is 5.56 Å². The molecule has 0 radical (unpaired) electrons. The van der Waals surface area contributed by atoms with Gasteiger partial charge in [0.25, 0.3) is 0 Å². The van der Waals surface area contributed by atoms with Crippen LogP contribution >= 0.6 is 0 Å². The molecule has 1 aromatic rings. The Hall–Kier alpha value is -1.62. The second-order valence-electron chi connectivity index (χ2n) is 5.43. The highest BCUT2D eigenvalue weighted by Gasteiger charge is 2.25. The fourth-order valence-corrected chi connectivity index (χ4v) is 2.87. The minimum Gasteiger partial charge on any atom is -0.477 e. The van der Waals surface area contributed by atoms with E-state index in [2.05, 4.69) is 4.98 Å². The molecule has 0 spiro atoms. The summed E-state index contributed by atoms with van der Waals surface area (Å²) < 4.78 is 10.8. The number of aromatic nitrogens is 1. The van der Waals surface area contributed by atoms with Crippen LogP contribution in [0.1, 0.15) is 43.0 Å². The van der Waals surface area contributed by atoms with Crippen LogP contribution in [0.2, 0.25) is 0 Å². The van der Waals surface area contributed by atoms with E-state index in [1.54, 1.807) is 25.3 Å². The van der Waals surface area contributed by atoms with E-state index in [1.807, 2.05) is 0 Å². The van der Waals surface area contributed by atoms with Crippen molar-refractivity contribution >= 4 is 5.97 Å². The maximum Gasteiger partial charge on any atom is 0.343 e. The molecular formula is C16H24N2O3. The Bertz CT molecular complexity index is 465. The molecule has 0 aliphatic heterocycles. The molecule has 1 aliphatic rings. The molecule has 1 fully saturated rings. The van der Waals surface area contributed by atoms with Crippen molar-refractivity contribution in [3.05, 3.63) is 23.9 Å². The topological polar surface area (TPSA) is 74.4 Å². The largest absolute Gasteiger partial charge is 0.477 e. The van der Waals surface area contributed by atoms with Crippen LogP contribution in [0.3, 0.4) is 0 Å². The van der Waals surface area contributed by atoms with Gasteiger partial charge in [0.05, 0.1) is 13.2 Å². The summed E-state index contributed by atoms with van der Waals surface area (Å²) in [5, 5.41) is 0. The average Bonchev–Trinajstić information content (AvgIpc) is 2.53. The third-order valence-electron chi connectivity index (χ3n) is 4.07. The fraction of sp³-hybridized carbons (Fsp3) is 0.625. The second-order valence-corrected chi connectivity index (χ2v) is 5.43. The number of hydrogen-bond acceptors (Lipinski definition) is 5. The summed E-state index contributed by atoms with van der Waals surface area (Å²) in [5.74, 6) is 0.922. The molecule has 2 N–H and O–H groups in total. The molecular weight excluding hydrogens is 268 g/mol. The summed E-state index contributed by atoms with van der Waals surface area (Å²) in [6.07, 6.45) is 6.38. The second kappa shape index (κ2) is 7.98. The minimum absolute atomic E-state index is 0.338. The van der Waals surface area contributed by atoms with Crippen LogP contribution in [0.25, 0.3) is 0 Å². The number of nitrogens with two attached hydrogens (primary N) is 1. The Morgan fingerprint density at radius 3 is 2.86 bits per heavy atom. The highest BCUT2D eigenvalue weighted by molar-refractivity contribution is 5.91. The van der Waals surface area contributed by atoms with Gasteiger partial charge in [-0.1, -0.05) is 12.8 Å². The molecule has 2 unspecified atom stereocenters. The van der Waals surface area contributed by atoms with Crippen molar-refractivity contribution < 1.29 is 14.3 Å². The first-order valence-corrected chi connectivity index (χ1v) is 7.71. The molecule has 5 nitrogen and oxygen atoms in total. The van der Waals surface area contributed by atoms with Gasteiger partial charge in [-0.05, 0) is 50.3 Å². The zero-order valence-electron chi connectivity index (χ0n) is 12.6. The van der Waals surface area contributed by atoms with Crippen molar-refractivity contribution in [2.45, 2.75) is 32.6 Å². The van der Waals surface area contributed by atoms with Gasteiger partial charge in [0, 0.05) is 6.20 Å². The van der Waals surface area contributed by atoms with Gasteiger partial charge < -0.3 is 15.2 Å². The monoisotopic (exact) mass is 292 g/mol. The van der Waals surface area contributed by atoms with Gasteiger partial charge in [-0.2, -0.15) is 0 Å². The molecule has 1 aromatic heterocycles. The first-order chi connectivity index (χ1) is 10.3. The molecule has 0 bridgehead atoms. The Kier molecular flexibility index (Phi) is 5.99. The fourth-order valence-electron chi connectivity index (χ4n) is 2.87. The number of carbonyl (C=O) groups excluding carboxylic acids is 1. The van der Waals surface area contributed by atoms with Gasteiger partial charge >= 0.3 is 5.97 Å². The Labute approximate surface area is 125 Å². The zero-order valence-corrected chi connectivity index (χ0v) is 12.6. The van der Waals surface area contributed by atoms with E-state index < -0.39 is 0 Å². The molecule has 2 rings (SSSR count). The summed E-state index contributed by atoms with van der Waals surface area (Å²) in [4.78, 5) is 16.0. The Balaban J connectivity index is 2.00. The highest BCUT2D eigenvalue weighted by Crippen LogP contribution is 2.30. The van der Waals surface area contributed by atoms with Crippen molar-refractivity contribution in [1.29, 1.82) is 0 Å². The van der Waals surface area contributed by atoms with E-state index >= 15 is 0 Å². The van der Waals surface area contributed by atoms with Gasteiger partial charge in [-0.3, -0.25) is 0 Å². The van der Waals surface area contributed by atoms with Crippen molar-refractivity contribution in [3.63, 3.8) is 0 Å². The zero-order chi connectivity index (χ0) is 15.1. The lowest BCUT2D eigenvalue weighted by Gasteiger charge is -2.30. The third-order valence-corrected chi connectivity index (χ3v) is 4.07. The first-order valence-electron chi connectivity index (χ1n) is 7.71. The lowest BCUT2D eigenvalue weighted by Crippen LogP contribution is -2.31. The number of esters is 1. The van der Waals surface area contributed by atoms with Crippen molar-refractivity contribution in [1.82, 2.24) is 4.98 Å². The summed E-state index contributed by atoms with van der Waals surface area (Å²) in [5.41, 5.74) is 6.22. The molecule has 0 amide bonds. The normalized spacial score (nSPS) is 21.8. The number of carbonyl (C=O) groups is 1. The standard InChI is InChI=1S/C16H24N2O3/c1-2-20-16(19)14-8-5-9-18-15(14)21-11-13-7-4-3-6-12(13)10-17/h5,8-9,12-13H,2-4,6-7,10-11,17H2,1H3. The van der Waals surface area contributed by atoms with Gasteiger partial charge in [-0.15, -0.1) is 0 Å². The number of ether oxygens (including phenoxy) is 2. The maximum atomic E-state index is 11.9. The molecule has 1 aliphatic carbocycles. The van der Waals surface area contributed by atoms with E-state index in [0.717, 1.165) is 12.8 Å². The van der Waals surface area contributed by atoms with Gasteiger partial charge in [-0.25, -0.2) is 9.78 Å². The van der Waals surface area contributed by atoms with E-state index in [0.29, 0.717) is 43.0 Å². The van der Waals surface area contributed by atoms with Gasteiger partial charge in [0.2, 0.25) is 5.88 Å². The van der Waals surface area contributed by atoms with Crippen LogP contribution in [0.4, 0.5) is 0 Å². The summed E-state index contributed by atoms with van der Waals surface area (Å²) in [7, 11) is 0. The molecule has 1 heterocycles. The highest BCUT2D eigenvalue weighted by atomic mass is 16.5. The van der Waals surface area contributed by atoms with E-state index in [1.165, 1.54) is 12.8 Å². The summed E-state index contributed by atoms with van der Waals surface area (Å²) >= 11 is 0. The predicted octanol–water partition coefficient (Wildman–Crippen LogP) is 2.40. The third kappa shape index (κ3) is 4.17. The Morgan fingerprint density at radius 2 is 2.14 bits per heavy atom. The maximum absolute atomic E-state index is 11.9. The SMILES string of the molecule is CCOC(=O)c1cccnc1OCC1CCCCC1CN. The molecule has 21 heavy (non-hydrogen) atoms. The smallest absolute Gasteiger partial charge is 0.343 e. The number of hydrogen-bond donors (Lipinski definition) is 1. The van der Waals surface area contributed by atoms with Crippen molar-refractivity contribution in [2.24, 2.45) is 17.6 Å². The molecule has 2 atom stereocenters. The summed E-state index contributed by atoms with van der Waals surface area (Å²) in [6, 6.07) is 3.39. The molecule has 1 saturated carbocycles. The van der Waals surface area contributed by atoms with Crippen molar-refractivity contribution in [2.75, 3.05) is 19.8 Å². The van der Waals surface area contributed by atoms with Crippen molar-refractivity contribution in [3.8, 4) is 5.88 Å². The minimum atomic E-state index is -0.389. The lowest BCUT2D eigenvalue weighted by atomic mass is 9.80. The van der Waals surface area contributed by atoms with E-state index in [9.17, 15) is 4.79 Å². The van der Waals surface area contributed by atoms with Crippen LogP contribution < -0.4 is 10.5 Å². The number of pyridine rings is 1. The number of nitrogens with zero attached hydrogens (tertiary/aromatic N) is 1. The summed E-state index contributed by atoms with van der Waals surface area (Å²) in [6.45, 7) is 3.37.